The van der Waals surface area contributed by atoms with Crippen LogP contribution in [0.2, 0.25) is 0 Å². The van der Waals surface area contributed by atoms with Gasteiger partial charge in [-0.25, -0.2) is 8.78 Å². The van der Waals surface area contributed by atoms with Crippen LogP contribution in [0.25, 0.3) is 0 Å². The summed E-state index contributed by atoms with van der Waals surface area (Å²) in [5.41, 5.74) is 0.345. The number of nitrogens with one attached hydrogen (secondary N) is 2. The number of hydrogen-bond donors (Lipinski definition) is 2. The molecular weight excluding hydrogens is 304 g/mol. The van der Waals surface area contributed by atoms with Gasteiger partial charge in [-0.3, -0.25) is 9.59 Å². The Kier molecular flexibility index (Phi) is 6.04. The molecule has 1 aromatic carbocycles. The third kappa shape index (κ3) is 4.72. The van der Waals surface area contributed by atoms with Gasteiger partial charge >= 0.3 is 0 Å². The molecule has 1 fully saturated rings. The van der Waals surface area contributed by atoms with Crippen molar-refractivity contribution in [1.29, 1.82) is 0 Å². The molecule has 2 N–H and O–H groups in total. The van der Waals surface area contributed by atoms with Crippen LogP contribution in [0, 0.1) is 11.6 Å². The van der Waals surface area contributed by atoms with Crippen LogP contribution in [0.3, 0.4) is 0 Å². The van der Waals surface area contributed by atoms with Crippen molar-refractivity contribution in [3.63, 3.8) is 0 Å². The number of benzene rings is 1. The van der Waals surface area contributed by atoms with E-state index in [1.807, 2.05) is 6.92 Å². The standard InChI is InChI=1S/C16H21F2N3O2/c1-2-3-14(12-5-4-11(17)8-13(12)18)20-9-16(23)21-7-6-19-15(22)10-21/h4-5,8,14,20H,2-3,6-7,9-10H2,1H3,(H,19,22)/t14-/m0/s1. The zero-order chi connectivity index (χ0) is 16.8. The average Bonchev–Trinajstić information content (AvgIpc) is 2.51. The summed E-state index contributed by atoms with van der Waals surface area (Å²) in [5.74, 6) is -1.64. The first-order chi connectivity index (χ1) is 11.0. The molecule has 0 unspecified atom stereocenters. The van der Waals surface area contributed by atoms with Crippen molar-refractivity contribution >= 4 is 11.8 Å². The molecule has 0 radical (unpaired) electrons. The molecule has 5 nitrogen and oxygen atoms in total. The van der Waals surface area contributed by atoms with E-state index in [0.29, 0.717) is 25.1 Å². The minimum absolute atomic E-state index is 0.00869. The predicted octanol–water partition coefficient (Wildman–Crippen LogP) is 1.35. The molecule has 126 valence electrons. The molecule has 2 rings (SSSR count). The molecule has 1 aliphatic rings. The summed E-state index contributed by atoms with van der Waals surface area (Å²) in [6, 6.07) is 3.08. The van der Waals surface area contributed by atoms with Crippen LogP contribution in [0.4, 0.5) is 8.78 Å². The highest BCUT2D eigenvalue weighted by atomic mass is 19.1. The van der Waals surface area contributed by atoms with Crippen molar-refractivity contribution in [2.24, 2.45) is 0 Å². The fraction of sp³-hybridized carbons (Fsp3) is 0.500. The van der Waals surface area contributed by atoms with Crippen LogP contribution < -0.4 is 10.6 Å². The Bertz CT molecular complexity index is 580. The molecule has 1 aromatic rings. The Morgan fingerprint density at radius 3 is 2.87 bits per heavy atom. The van der Waals surface area contributed by atoms with Crippen molar-refractivity contribution in [2.75, 3.05) is 26.2 Å². The number of halogens is 2. The number of hydrogen-bond acceptors (Lipinski definition) is 3. The first-order valence-electron chi connectivity index (χ1n) is 7.74. The molecule has 1 heterocycles. The number of amides is 2. The zero-order valence-corrected chi connectivity index (χ0v) is 13.1. The van der Waals surface area contributed by atoms with E-state index in [2.05, 4.69) is 10.6 Å². The fourth-order valence-electron chi connectivity index (χ4n) is 2.61. The van der Waals surface area contributed by atoms with E-state index in [-0.39, 0.29) is 30.9 Å². The van der Waals surface area contributed by atoms with Crippen molar-refractivity contribution in [1.82, 2.24) is 15.5 Å². The summed E-state index contributed by atoms with van der Waals surface area (Å²) in [4.78, 5) is 24.9. The lowest BCUT2D eigenvalue weighted by Crippen LogP contribution is -2.52. The minimum atomic E-state index is -0.628. The Hall–Kier alpha value is -2.02. The topological polar surface area (TPSA) is 61.4 Å². The fourth-order valence-corrected chi connectivity index (χ4v) is 2.61. The van der Waals surface area contributed by atoms with Crippen LogP contribution in [0.5, 0.6) is 0 Å². The number of carbonyl (C=O) groups excluding carboxylic acids is 2. The highest BCUT2D eigenvalue weighted by molar-refractivity contribution is 5.86. The normalized spacial score (nSPS) is 16.1. The number of rotatable bonds is 6. The number of piperazine rings is 1. The first-order valence-corrected chi connectivity index (χ1v) is 7.74. The van der Waals surface area contributed by atoms with Crippen molar-refractivity contribution in [2.45, 2.75) is 25.8 Å². The van der Waals surface area contributed by atoms with Gasteiger partial charge in [-0.1, -0.05) is 19.4 Å². The van der Waals surface area contributed by atoms with Crippen LogP contribution in [-0.2, 0) is 9.59 Å². The smallest absolute Gasteiger partial charge is 0.239 e. The molecule has 1 atom stereocenters. The Balaban J connectivity index is 1.99. The molecule has 2 amide bonds. The largest absolute Gasteiger partial charge is 0.353 e. The summed E-state index contributed by atoms with van der Waals surface area (Å²) in [7, 11) is 0. The third-order valence-corrected chi connectivity index (χ3v) is 3.81. The van der Waals surface area contributed by atoms with Gasteiger partial charge in [-0.05, 0) is 12.5 Å². The maximum Gasteiger partial charge on any atom is 0.239 e. The minimum Gasteiger partial charge on any atom is -0.353 e. The molecule has 0 aliphatic carbocycles. The van der Waals surface area contributed by atoms with Crippen molar-refractivity contribution < 1.29 is 18.4 Å². The maximum atomic E-state index is 13.9. The van der Waals surface area contributed by atoms with Gasteiger partial charge in [-0.2, -0.15) is 0 Å². The third-order valence-electron chi connectivity index (χ3n) is 3.81. The Morgan fingerprint density at radius 1 is 1.43 bits per heavy atom. The molecule has 1 aliphatic heterocycles. The predicted molar refractivity (Wildman–Crippen MR) is 81.6 cm³/mol. The highest BCUT2D eigenvalue weighted by Crippen LogP contribution is 2.22. The van der Waals surface area contributed by atoms with Crippen LogP contribution >= 0.6 is 0 Å². The molecule has 0 bridgehead atoms. The van der Waals surface area contributed by atoms with E-state index in [0.717, 1.165) is 12.5 Å². The molecule has 0 aromatic heterocycles. The summed E-state index contributed by atoms with van der Waals surface area (Å²) in [6.45, 7) is 2.91. The monoisotopic (exact) mass is 325 g/mol. The highest BCUT2D eigenvalue weighted by Gasteiger charge is 2.22. The second-order valence-electron chi connectivity index (χ2n) is 5.55. The summed E-state index contributed by atoms with van der Waals surface area (Å²) in [5, 5.41) is 5.68. The second kappa shape index (κ2) is 8.01. The number of carbonyl (C=O) groups is 2. The van der Waals surface area contributed by atoms with Gasteiger partial charge in [0, 0.05) is 30.8 Å². The van der Waals surface area contributed by atoms with Crippen LogP contribution in [0.15, 0.2) is 18.2 Å². The van der Waals surface area contributed by atoms with Gasteiger partial charge in [0.15, 0.2) is 0 Å². The van der Waals surface area contributed by atoms with Gasteiger partial charge in [-0.15, -0.1) is 0 Å². The van der Waals surface area contributed by atoms with Gasteiger partial charge in [0.05, 0.1) is 13.1 Å². The van der Waals surface area contributed by atoms with E-state index in [1.165, 1.54) is 17.0 Å². The Morgan fingerprint density at radius 2 is 2.22 bits per heavy atom. The Labute approximate surface area is 134 Å². The molecular formula is C16H21F2N3O2. The van der Waals surface area contributed by atoms with E-state index in [1.54, 1.807) is 0 Å². The van der Waals surface area contributed by atoms with Crippen molar-refractivity contribution in [3.05, 3.63) is 35.4 Å². The van der Waals surface area contributed by atoms with Crippen molar-refractivity contribution in [3.8, 4) is 0 Å². The lowest BCUT2D eigenvalue weighted by molar-refractivity contribution is -0.137. The lowest BCUT2D eigenvalue weighted by atomic mass is 10.0. The number of nitrogens with zero attached hydrogens (tertiary/aromatic N) is 1. The van der Waals surface area contributed by atoms with Gasteiger partial charge in [0.25, 0.3) is 0 Å². The van der Waals surface area contributed by atoms with E-state index >= 15 is 0 Å². The molecule has 0 spiro atoms. The summed E-state index contributed by atoms with van der Waals surface area (Å²) in [6.07, 6.45) is 1.41. The average molecular weight is 325 g/mol. The van der Waals surface area contributed by atoms with E-state index < -0.39 is 11.6 Å². The molecule has 7 heteroatoms. The molecule has 23 heavy (non-hydrogen) atoms. The van der Waals surface area contributed by atoms with Gasteiger partial charge in [0.2, 0.25) is 11.8 Å². The summed E-state index contributed by atoms with van der Waals surface area (Å²) < 4.78 is 27.0. The van der Waals surface area contributed by atoms with Gasteiger partial charge in [0.1, 0.15) is 11.6 Å². The first kappa shape index (κ1) is 17.3. The SMILES string of the molecule is CCC[C@H](NCC(=O)N1CCNC(=O)C1)c1ccc(F)cc1F. The zero-order valence-electron chi connectivity index (χ0n) is 13.1. The van der Waals surface area contributed by atoms with Gasteiger partial charge < -0.3 is 15.5 Å². The van der Waals surface area contributed by atoms with E-state index in [4.69, 9.17) is 0 Å². The molecule has 1 saturated heterocycles. The maximum absolute atomic E-state index is 13.9. The van der Waals surface area contributed by atoms with Crippen LogP contribution in [-0.4, -0.2) is 42.9 Å². The van der Waals surface area contributed by atoms with E-state index in [9.17, 15) is 18.4 Å². The lowest BCUT2D eigenvalue weighted by Gasteiger charge is -2.28. The quantitative estimate of drug-likeness (QED) is 0.830. The van der Waals surface area contributed by atoms with Crippen LogP contribution in [0.1, 0.15) is 31.4 Å². The summed E-state index contributed by atoms with van der Waals surface area (Å²) >= 11 is 0. The second-order valence-corrected chi connectivity index (χ2v) is 5.55. The molecule has 0 saturated carbocycles.